The van der Waals surface area contributed by atoms with Gasteiger partial charge in [-0.3, -0.25) is 0 Å². The normalized spacial score (nSPS) is 12.9. The first-order valence-electron chi connectivity index (χ1n) is 23.3. The molecule has 3 aromatic heterocycles. The van der Waals surface area contributed by atoms with Crippen molar-refractivity contribution < 1.29 is 12.6 Å². The number of aromatic nitrogens is 3. The molecule has 0 saturated carbocycles. The van der Waals surface area contributed by atoms with Gasteiger partial charge in [0.1, 0.15) is 11.2 Å². The molecule has 0 saturated heterocycles. The number of hydrogen-bond donors (Lipinski definition) is 0. The van der Waals surface area contributed by atoms with Gasteiger partial charge in [0, 0.05) is 47.6 Å². The van der Waals surface area contributed by atoms with Gasteiger partial charge in [-0.15, -0.1) is 11.3 Å². The predicted octanol–water partition coefficient (Wildman–Crippen LogP) is 15.8. The van der Waals surface area contributed by atoms with Gasteiger partial charge >= 0.3 is 0 Å². The standard InChI is InChI=1S/C57H35N3OS/c1-4-13-36(14-5-1)39-23-25-40(26-24-39)55-58-56(60-57(59-55)49-33-45(38-17-8-3-9-18-38)35-53-54(49)47-21-10-11-22-52(47)62-53)44-27-29-46-48-32-43(28-30-50(48)61-51(46)34-44)42-20-12-19-41(31-42)37-15-6-2-7-16-37/h1-35H/i27D,28D,29D,30D,32D,34D. The Morgan fingerprint density at radius 1 is 0.355 bits per heavy atom. The van der Waals surface area contributed by atoms with Crippen LogP contribution < -0.4 is 0 Å². The van der Waals surface area contributed by atoms with Crippen LogP contribution in [0.15, 0.2) is 217 Å². The Kier molecular flexibility index (Phi) is 7.25. The lowest BCUT2D eigenvalue weighted by molar-refractivity contribution is 0.669. The number of thiophene rings is 1. The molecule has 3 heterocycles. The minimum absolute atomic E-state index is 0.00224. The van der Waals surface area contributed by atoms with E-state index in [-0.39, 0.29) is 75.1 Å². The van der Waals surface area contributed by atoms with Crippen LogP contribution in [0.1, 0.15) is 8.22 Å². The summed E-state index contributed by atoms with van der Waals surface area (Å²) in [5, 5.41) is 2.14. The molecule has 0 aliphatic heterocycles. The van der Waals surface area contributed by atoms with Crippen LogP contribution in [0.3, 0.4) is 0 Å². The quantitative estimate of drug-likeness (QED) is 0.161. The molecule has 0 spiro atoms. The van der Waals surface area contributed by atoms with Crippen LogP contribution in [0.4, 0.5) is 0 Å². The van der Waals surface area contributed by atoms with Gasteiger partial charge in [-0.2, -0.15) is 0 Å². The van der Waals surface area contributed by atoms with Gasteiger partial charge in [0.05, 0.1) is 8.22 Å². The lowest BCUT2D eigenvalue weighted by Crippen LogP contribution is -2.00. The first-order chi connectivity index (χ1) is 33.2. The van der Waals surface area contributed by atoms with E-state index in [9.17, 15) is 6.85 Å². The number of hydrogen-bond acceptors (Lipinski definition) is 5. The summed E-state index contributed by atoms with van der Waals surface area (Å²) in [6.45, 7) is 0. The van der Waals surface area contributed by atoms with Gasteiger partial charge in [-0.25, -0.2) is 15.0 Å². The van der Waals surface area contributed by atoms with E-state index in [1.165, 1.54) is 0 Å². The van der Waals surface area contributed by atoms with Crippen molar-refractivity contribution in [1.82, 2.24) is 15.0 Å². The number of furan rings is 1. The van der Waals surface area contributed by atoms with Crippen molar-refractivity contribution >= 4 is 53.4 Å². The van der Waals surface area contributed by atoms with E-state index in [0.29, 0.717) is 22.8 Å². The maximum atomic E-state index is 9.75. The second kappa shape index (κ2) is 14.9. The van der Waals surface area contributed by atoms with Crippen molar-refractivity contribution in [3.05, 3.63) is 212 Å². The second-order valence-electron chi connectivity index (χ2n) is 15.1. The summed E-state index contributed by atoms with van der Waals surface area (Å²) in [5.74, 6) is 0.625. The summed E-state index contributed by atoms with van der Waals surface area (Å²) in [4.78, 5) is 15.3. The van der Waals surface area contributed by atoms with Crippen LogP contribution in [0.2, 0.25) is 0 Å². The molecule has 9 aromatic carbocycles. The SMILES string of the molecule is [2H]c1c(-c2cccc(-c3ccccc3)c2)c([2H])c2c(oc3c([2H])c(-c4nc(-c5ccc(-c6ccccc6)cc5)nc(-c5cc(-c6ccccc6)cc6sc7ccccc7c56)n4)c([2H])c([2H])c32)c1[2H]. The number of fused-ring (bicyclic) bond motifs is 6. The van der Waals surface area contributed by atoms with Gasteiger partial charge in [-0.1, -0.05) is 164 Å². The van der Waals surface area contributed by atoms with Crippen molar-refractivity contribution in [2.24, 2.45) is 0 Å². The molecule has 12 rings (SSSR count). The van der Waals surface area contributed by atoms with Crippen LogP contribution >= 0.6 is 11.3 Å². The van der Waals surface area contributed by atoms with E-state index >= 15 is 0 Å². The summed E-state index contributed by atoms with van der Waals surface area (Å²) in [6, 6.07) is 56.3. The molecular formula is C57H35N3OS. The van der Waals surface area contributed by atoms with Gasteiger partial charge in [0.2, 0.25) is 0 Å². The van der Waals surface area contributed by atoms with Crippen molar-refractivity contribution in [2.75, 3.05) is 0 Å². The van der Waals surface area contributed by atoms with Crippen LogP contribution in [0, 0.1) is 0 Å². The zero-order valence-corrected chi connectivity index (χ0v) is 33.7. The van der Waals surface area contributed by atoms with E-state index in [1.807, 2.05) is 133 Å². The number of rotatable bonds is 7. The van der Waals surface area contributed by atoms with Crippen LogP contribution in [-0.4, -0.2) is 15.0 Å². The Balaban J connectivity index is 1.10. The van der Waals surface area contributed by atoms with E-state index < -0.39 is 0 Å². The van der Waals surface area contributed by atoms with Crippen molar-refractivity contribution in [1.29, 1.82) is 0 Å². The Labute approximate surface area is 370 Å². The van der Waals surface area contributed by atoms with Crippen LogP contribution in [0.5, 0.6) is 0 Å². The first-order valence-corrected chi connectivity index (χ1v) is 21.1. The molecule has 62 heavy (non-hydrogen) atoms. The lowest BCUT2D eigenvalue weighted by Gasteiger charge is -2.12. The van der Waals surface area contributed by atoms with E-state index in [1.54, 1.807) is 17.4 Å². The van der Waals surface area contributed by atoms with E-state index in [0.717, 1.165) is 59.1 Å². The molecule has 290 valence electrons. The third kappa shape index (κ3) is 6.44. The molecule has 0 amide bonds. The van der Waals surface area contributed by atoms with Crippen molar-refractivity contribution in [3.8, 4) is 78.7 Å². The third-order valence-electron chi connectivity index (χ3n) is 11.2. The molecule has 0 radical (unpaired) electrons. The summed E-state index contributed by atoms with van der Waals surface area (Å²) in [7, 11) is 0. The Bertz CT molecular complexity index is 3970. The fourth-order valence-corrected chi connectivity index (χ4v) is 9.31. The summed E-state index contributed by atoms with van der Waals surface area (Å²) in [5.41, 5.74) is 7.78. The minimum Gasteiger partial charge on any atom is -0.456 e. The van der Waals surface area contributed by atoms with Crippen LogP contribution in [-0.2, 0) is 0 Å². The van der Waals surface area contributed by atoms with E-state index in [4.69, 9.17) is 20.7 Å². The number of nitrogens with zero attached hydrogens (tertiary/aromatic N) is 3. The number of benzene rings is 9. The monoisotopic (exact) mass is 815 g/mol. The molecule has 5 heteroatoms. The molecule has 0 aliphatic rings. The van der Waals surface area contributed by atoms with E-state index in [2.05, 4.69) is 36.4 Å². The maximum absolute atomic E-state index is 9.75. The smallest absolute Gasteiger partial charge is 0.164 e. The molecule has 0 bridgehead atoms. The van der Waals surface area contributed by atoms with Gasteiger partial charge in [0.25, 0.3) is 0 Å². The molecule has 0 unspecified atom stereocenters. The maximum Gasteiger partial charge on any atom is 0.164 e. The molecular weight excluding hydrogens is 775 g/mol. The zero-order valence-electron chi connectivity index (χ0n) is 38.9. The molecule has 0 aliphatic carbocycles. The molecule has 0 fully saturated rings. The topological polar surface area (TPSA) is 51.8 Å². The van der Waals surface area contributed by atoms with Gasteiger partial charge in [-0.05, 0) is 92.9 Å². The average molecular weight is 816 g/mol. The molecule has 12 aromatic rings. The lowest BCUT2D eigenvalue weighted by atomic mass is 9.98. The Hall–Kier alpha value is -7.99. The summed E-state index contributed by atoms with van der Waals surface area (Å²) < 4.78 is 65.3. The highest BCUT2D eigenvalue weighted by Gasteiger charge is 2.20. The highest BCUT2D eigenvalue weighted by Crippen LogP contribution is 2.43. The third-order valence-corrected chi connectivity index (χ3v) is 12.3. The molecule has 4 nitrogen and oxygen atoms in total. The van der Waals surface area contributed by atoms with Gasteiger partial charge < -0.3 is 4.42 Å². The summed E-state index contributed by atoms with van der Waals surface area (Å²) >= 11 is 1.68. The minimum atomic E-state index is -0.342. The largest absolute Gasteiger partial charge is 0.456 e. The Morgan fingerprint density at radius 3 is 1.66 bits per heavy atom. The molecule has 0 atom stereocenters. The Morgan fingerprint density at radius 2 is 0.919 bits per heavy atom. The average Bonchev–Trinajstić information content (AvgIpc) is 3.99. The highest BCUT2D eigenvalue weighted by molar-refractivity contribution is 7.26. The second-order valence-corrected chi connectivity index (χ2v) is 16.2. The highest BCUT2D eigenvalue weighted by atomic mass is 32.1. The van der Waals surface area contributed by atoms with Gasteiger partial charge in [0.15, 0.2) is 17.5 Å². The molecule has 0 N–H and O–H groups in total. The van der Waals surface area contributed by atoms with Crippen molar-refractivity contribution in [3.63, 3.8) is 0 Å². The first kappa shape index (κ1) is 30.1. The summed E-state index contributed by atoms with van der Waals surface area (Å²) in [6.07, 6.45) is 0. The predicted molar refractivity (Wildman–Crippen MR) is 258 cm³/mol. The zero-order chi connectivity index (χ0) is 46.2. The van der Waals surface area contributed by atoms with Crippen LogP contribution in [0.25, 0.3) is 121 Å². The van der Waals surface area contributed by atoms with Crippen molar-refractivity contribution in [2.45, 2.75) is 0 Å². The fourth-order valence-electron chi connectivity index (χ4n) is 8.14. The fraction of sp³-hybridized carbons (Fsp3) is 0.